The number of anilines is 1. The number of fused-ring (bicyclic) bond motifs is 3. The Morgan fingerprint density at radius 3 is 2.45 bits per heavy atom. The Morgan fingerprint density at radius 1 is 1.00 bits per heavy atom. The summed E-state index contributed by atoms with van der Waals surface area (Å²) in [5.41, 5.74) is 1.89. The Bertz CT molecular complexity index is 922. The lowest BCUT2D eigenvalue weighted by Crippen LogP contribution is -2.58. The molecule has 1 N–H and O–H groups in total. The monoisotopic (exact) mass is 389 g/mol. The lowest BCUT2D eigenvalue weighted by Gasteiger charge is -2.47. The number of pyridine rings is 1. The standard InChI is InChI=1S/C24H27N3O2/c28-24(18-26-12-9-21(24)10-13-26)11-8-20-6-7-22(27-14-16-29-17-15-27)25-23(20)19-4-2-1-3-5-19/h1-7,21,28H,9-10,12-18H2. The third-order valence-electron chi connectivity index (χ3n) is 6.40. The number of rotatable bonds is 2. The summed E-state index contributed by atoms with van der Waals surface area (Å²) >= 11 is 0. The van der Waals surface area contributed by atoms with E-state index < -0.39 is 5.60 Å². The number of nitrogens with zero attached hydrogens (tertiary/aromatic N) is 3. The van der Waals surface area contributed by atoms with Crippen molar-refractivity contribution >= 4 is 5.82 Å². The zero-order valence-corrected chi connectivity index (χ0v) is 16.7. The quantitative estimate of drug-likeness (QED) is 0.800. The highest BCUT2D eigenvalue weighted by Crippen LogP contribution is 2.35. The summed E-state index contributed by atoms with van der Waals surface area (Å²) in [5, 5.41) is 11.2. The number of morpholine rings is 1. The molecule has 0 aliphatic carbocycles. The van der Waals surface area contributed by atoms with Crippen molar-refractivity contribution < 1.29 is 9.84 Å². The van der Waals surface area contributed by atoms with Crippen molar-refractivity contribution in [1.82, 2.24) is 9.88 Å². The summed E-state index contributed by atoms with van der Waals surface area (Å²) < 4.78 is 5.48. The lowest BCUT2D eigenvalue weighted by molar-refractivity contribution is -0.0713. The van der Waals surface area contributed by atoms with Gasteiger partial charge in [-0.2, -0.15) is 0 Å². The summed E-state index contributed by atoms with van der Waals surface area (Å²) in [5.74, 6) is 7.79. The fraction of sp³-hybridized carbons (Fsp3) is 0.458. The van der Waals surface area contributed by atoms with Crippen molar-refractivity contribution in [1.29, 1.82) is 0 Å². The van der Waals surface area contributed by atoms with Gasteiger partial charge in [-0.3, -0.25) is 4.90 Å². The molecule has 1 unspecified atom stereocenters. The molecule has 4 aliphatic heterocycles. The number of benzene rings is 1. The summed E-state index contributed by atoms with van der Waals surface area (Å²) in [4.78, 5) is 9.56. The van der Waals surface area contributed by atoms with Crippen LogP contribution in [-0.4, -0.2) is 66.5 Å². The molecule has 2 aromatic rings. The van der Waals surface area contributed by atoms with Gasteiger partial charge in [-0.05, 0) is 38.1 Å². The fourth-order valence-corrected chi connectivity index (χ4v) is 4.69. The Morgan fingerprint density at radius 2 is 1.76 bits per heavy atom. The number of aliphatic hydroxyl groups is 1. The SMILES string of the molecule is OC1(C#Cc2ccc(N3CCOCC3)nc2-c2ccccc2)CN2CCC1CC2. The van der Waals surface area contributed by atoms with Gasteiger partial charge in [0.05, 0.1) is 24.5 Å². The number of hydrogen-bond donors (Lipinski definition) is 1. The Kier molecular flexibility index (Phi) is 5.01. The highest BCUT2D eigenvalue weighted by atomic mass is 16.5. The summed E-state index contributed by atoms with van der Waals surface area (Å²) in [6.45, 7) is 5.99. The van der Waals surface area contributed by atoms with Crippen LogP contribution in [0.1, 0.15) is 18.4 Å². The molecule has 29 heavy (non-hydrogen) atoms. The van der Waals surface area contributed by atoms with Gasteiger partial charge in [0.1, 0.15) is 11.4 Å². The molecule has 0 saturated carbocycles. The molecule has 1 aromatic carbocycles. The Balaban J connectivity index is 1.51. The number of hydrogen-bond acceptors (Lipinski definition) is 5. The normalized spacial score (nSPS) is 28.7. The summed E-state index contributed by atoms with van der Waals surface area (Å²) in [7, 11) is 0. The van der Waals surface area contributed by atoms with Crippen LogP contribution in [0.4, 0.5) is 5.82 Å². The number of piperidine rings is 3. The Hall–Kier alpha value is -2.39. The maximum absolute atomic E-state index is 11.2. The van der Waals surface area contributed by atoms with Gasteiger partial charge < -0.3 is 14.7 Å². The van der Waals surface area contributed by atoms with E-state index in [2.05, 4.69) is 39.8 Å². The third kappa shape index (κ3) is 3.76. The van der Waals surface area contributed by atoms with Crippen LogP contribution < -0.4 is 4.90 Å². The molecule has 5 heteroatoms. The first kappa shape index (κ1) is 18.6. The van der Waals surface area contributed by atoms with E-state index in [0.717, 1.165) is 74.9 Å². The molecule has 5 nitrogen and oxygen atoms in total. The van der Waals surface area contributed by atoms with Crippen molar-refractivity contribution in [2.75, 3.05) is 50.8 Å². The van der Waals surface area contributed by atoms with Gasteiger partial charge in [0.25, 0.3) is 0 Å². The molecular weight excluding hydrogens is 362 g/mol. The second-order valence-electron chi connectivity index (χ2n) is 8.26. The van der Waals surface area contributed by atoms with Crippen molar-refractivity contribution in [3.63, 3.8) is 0 Å². The minimum atomic E-state index is -0.909. The molecule has 2 bridgehead atoms. The van der Waals surface area contributed by atoms with Crippen LogP contribution in [0.15, 0.2) is 42.5 Å². The summed E-state index contributed by atoms with van der Waals surface area (Å²) in [6.07, 6.45) is 2.07. The van der Waals surface area contributed by atoms with E-state index in [-0.39, 0.29) is 5.92 Å². The predicted molar refractivity (Wildman–Crippen MR) is 114 cm³/mol. The van der Waals surface area contributed by atoms with E-state index >= 15 is 0 Å². The van der Waals surface area contributed by atoms with Crippen molar-refractivity contribution in [2.24, 2.45) is 5.92 Å². The maximum Gasteiger partial charge on any atom is 0.141 e. The highest BCUT2D eigenvalue weighted by Gasteiger charge is 2.44. The van der Waals surface area contributed by atoms with Crippen LogP contribution >= 0.6 is 0 Å². The van der Waals surface area contributed by atoms with Gasteiger partial charge in [0, 0.05) is 31.1 Å². The van der Waals surface area contributed by atoms with Crippen LogP contribution in [0.2, 0.25) is 0 Å². The van der Waals surface area contributed by atoms with E-state index in [1.807, 2.05) is 24.3 Å². The van der Waals surface area contributed by atoms with Crippen molar-refractivity contribution in [3.8, 4) is 23.1 Å². The van der Waals surface area contributed by atoms with Crippen LogP contribution in [0.5, 0.6) is 0 Å². The van der Waals surface area contributed by atoms with Gasteiger partial charge in [0.2, 0.25) is 0 Å². The van der Waals surface area contributed by atoms with Crippen molar-refractivity contribution in [2.45, 2.75) is 18.4 Å². The van der Waals surface area contributed by atoms with E-state index in [0.29, 0.717) is 6.54 Å². The van der Waals surface area contributed by atoms with Gasteiger partial charge in [-0.15, -0.1) is 0 Å². The summed E-state index contributed by atoms with van der Waals surface area (Å²) in [6, 6.07) is 14.3. The molecule has 1 aromatic heterocycles. The van der Waals surface area contributed by atoms with Crippen LogP contribution in [0.25, 0.3) is 11.3 Å². The lowest BCUT2D eigenvalue weighted by atomic mass is 9.75. The largest absolute Gasteiger partial charge is 0.378 e. The predicted octanol–water partition coefficient (Wildman–Crippen LogP) is 2.39. The fourth-order valence-electron chi connectivity index (χ4n) is 4.69. The van der Waals surface area contributed by atoms with Gasteiger partial charge in [-0.1, -0.05) is 42.2 Å². The second kappa shape index (κ2) is 7.79. The molecule has 4 fully saturated rings. The molecule has 6 rings (SSSR count). The smallest absolute Gasteiger partial charge is 0.141 e. The van der Waals surface area contributed by atoms with Crippen LogP contribution in [0, 0.1) is 17.8 Å². The molecule has 150 valence electrons. The first-order valence-electron chi connectivity index (χ1n) is 10.6. The maximum atomic E-state index is 11.2. The molecular formula is C24H27N3O2. The average molecular weight is 389 g/mol. The van der Waals surface area contributed by atoms with E-state index in [4.69, 9.17) is 9.72 Å². The average Bonchev–Trinajstić information content (AvgIpc) is 2.79. The third-order valence-corrected chi connectivity index (χ3v) is 6.40. The topological polar surface area (TPSA) is 48.8 Å². The second-order valence-corrected chi connectivity index (χ2v) is 8.26. The first-order valence-corrected chi connectivity index (χ1v) is 10.6. The van der Waals surface area contributed by atoms with E-state index in [1.165, 1.54) is 0 Å². The van der Waals surface area contributed by atoms with E-state index in [1.54, 1.807) is 0 Å². The molecule has 5 heterocycles. The number of aromatic nitrogens is 1. The molecule has 0 amide bonds. The van der Waals surface area contributed by atoms with E-state index in [9.17, 15) is 5.11 Å². The minimum absolute atomic E-state index is 0.278. The van der Waals surface area contributed by atoms with Crippen molar-refractivity contribution in [3.05, 3.63) is 48.0 Å². The molecule has 1 atom stereocenters. The van der Waals surface area contributed by atoms with Crippen LogP contribution in [-0.2, 0) is 4.74 Å². The Labute approximate surface area is 172 Å². The zero-order chi connectivity index (χ0) is 19.7. The minimum Gasteiger partial charge on any atom is -0.378 e. The molecule has 0 radical (unpaired) electrons. The molecule has 4 aliphatic rings. The van der Waals surface area contributed by atoms with Gasteiger partial charge in [0.15, 0.2) is 0 Å². The molecule has 0 spiro atoms. The van der Waals surface area contributed by atoms with Gasteiger partial charge in [-0.25, -0.2) is 4.98 Å². The number of ether oxygens (including phenoxy) is 1. The zero-order valence-electron chi connectivity index (χ0n) is 16.7. The highest BCUT2D eigenvalue weighted by molar-refractivity contribution is 5.69. The molecule has 4 saturated heterocycles. The van der Waals surface area contributed by atoms with Gasteiger partial charge >= 0.3 is 0 Å². The first-order chi connectivity index (χ1) is 14.2. The van der Waals surface area contributed by atoms with Crippen LogP contribution in [0.3, 0.4) is 0 Å².